The van der Waals surface area contributed by atoms with E-state index in [0.29, 0.717) is 37.2 Å². The fraction of sp³-hybridized carbons (Fsp3) is 0.409. The van der Waals surface area contributed by atoms with Crippen molar-refractivity contribution in [3.05, 3.63) is 57.6 Å². The minimum Gasteiger partial charge on any atom is -0.490 e. The highest BCUT2D eigenvalue weighted by molar-refractivity contribution is 9.10. The van der Waals surface area contributed by atoms with Crippen molar-refractivity contribution in [3.8, 4) is 11.5 Å². The number of ether oxygens (including phenoxy) is 2. The lowest BCUT2D eigenvalue weighted by molar-refractivity contribution is 0.267. The molecule has 0 aliphatic rings. The van der Waals surface area contributed by atoms with Crippen LogP contribution in [0.3, 0.4) is 0 Å². The molecule has 2 aromatic carbocycles. The number of aromatic nitrogens is 4. The van der Waals surface area contributed by atoms with Gasteiger partial charge < -0.3 is 14.8 Å². The highest BCUT2D eigenvalue weighted by Crippen LogP contribution is 2.37. The van der Waals surface area contributed by atoms with Gasteiger partial charge >= 0.3 is 0 Å². The van der Waals surface area contributed by atoms with Crippen molar-refractivity contribution in [3.63, 3.8) is 0 Å². The highest BCUT2D eigenvalue weighted by atomic mass is 79.9. The number of aryl methyl sites for hydroxylation is 2. The van der Waals surface area contributed by atoms with Crippen molar-refractivity contribution in [1.82, 2.24) is 20.2 Å². The fourth-order valence-corrected chi connectivity index (χ4v) is 3.62. The van der Waals surface area contributed by atoms with E-state index in [1.54, 1.807) is 4.68 Å². The van der Waals surface area contributed by atoms with Crippen molar-refractivity contribution in [1.29, 1.82) is 0 Å². The number of nitrogens with one attached hydrogen (secondary N) is 1. The summed E-state index contributed by atoms with van der Waals surface area (Å²) in [6.07, 6.45) is 2.13. The van der Waals surface area contributed by atoms with E-state index in [1.807, 2.05) is 31.2 Å². The van der Waals surface area contributed by atoms with E-state index in [0.717, 1.165) is 35.0 Å². The van der Waals surface area contributed by atoms with Gasteiger partial charge in [0.15, 0.2) is 11.5 Å². The molecular formula is C22H28BrN5O2. The van der Waals surface area contributed by atoms with Crippen LogP contribution in [0.5, 0.6) is 11.5 Å². The van der Waals surface area contributed by atoms with Gasteiger partial charge in [-0.05, 0) is 75.4 Å². The van der Waals surface area contributed by atoms with E-state index in [1.165, 1.54) is 5.56 Å². The smallest absolute Gasteiger partial charge is 0.243 e. The average Bonchev–Trinajstić information content (AvgIpc) is 3.19. The van der Waals surface area contributed by atoms with Crippen molar-refractivity contribution in [2.24, 2.45) is 0 Å². The fourth-order valence-electron chi connectivity index (χ4n) is 3.02. The molecule has 0 saturated carbocycles. The maximum atomic E-state index is 6.13. The number of benzene rings is 2. The van der Waals surface area contributed by atoms with Crippen LogP contribution in [0.2, 0.25) is 0 Å². The first-order valence-corrected chi connectivity index (χ1v) is 11.0. The summed E-state index contributed by atoms with van der Waals surface area (Å²) in [6.45, 7) is 8.60. The number of hydrogen-bond acceptors (Lipinski definition) is 6. The van der Waals surface area contributed by atoms with Crippen molar-refractivity contribution in [2.45, 2.75) is 53.3 Å². The molecule has 3 rings (SSSR count). The van der Waals surface area contributed by atoms with Gasteiger partial charge in [-0.15, -0.1) is 0 Å². The highest BCUT2D eigenvalue weighted by Gasteiger charge is 2.14. The van der Waals surface area contributed by atoms with Crippen LogP contribution in [0.1, 0.15) is 43.4 Å². The second-order valence-electron chi connectivity index (χ2n) is 6.99. The minimum atomic E-state index is 0.481. The normalized spacial score (nSPS) is 10.8. The molecule has 0 fully saturated rings. The van der Waals surface area contributed by atoms with Crippen LogP contribution in [0.4, 0.5) is 5.95 Å². The van der Waals surface area contributed by atoms with Gasteiger partial charge in [0.25, 0.3) is 0 Å². The zero-order chi connectivity index (χ0) is 21.3. The second-order valence-corrected chi connectivity index (χ2v) is 7.84. The van der Waals surface area contributed by atoms with Gasteiger partial charge in [-0.3, -0.25) is 0 Å². The molecular weight excluding hydrogens is 446 g/mol. The Morgan fingerprint density at radius 3 is 2.73 bits per heavy atom. The zero-order valence-corrected chi connectivity index (χ0v) is 19.3. The maximum absolute atomic E-state index is 6.13. The number of hydrogen-bond donors (Lipinski definition) is 1. The molecule has 0 unspecified atom stereocenters. The van der Waals surface area contributed by atoms with Gasteiger partial charge in [-0.1, -0.05) is 42.7 Å². The number of halogens is 1. The summed E-state index contributed by atoms with van der Waals surface area (Å²) in [5, 5.41) is 15.2. The summed E-state index contributed by atoms with van der Waals surface area (Å²) < 4.78 is 14.6. The van der Waals surface area contributed by atoms with E-state index in [4.69, 9.17) is 9.47 Å². The summed E-state index contributed by atoms with van der Waals surface area (Å²) >= 11 is 3.65. The molecule has 1 N–H and O–H groups in total. The standard InChI is InChI=1S/C22H28BrN5O2/c1-4-6-11-28-22(25-26-27-28)24-14-17-12-19(23)21(20(13-17)29-5-2)30-15-18-10-8-7-9-16(18)3/h7-10,12-13H,4-6,11,14-15H2,1-3H3,(H,24,25,27). The molecule has 7 nitrogen and oxygen atoms in total. The third kappa shape index (κ3) is 5.72. The SMILES string of the molecule is CCCCn1nnnc1NCc1cc(Br)c(OCc2ccccc2C)c(OCC)c1. The van der Waals surface area contributed by atoms with Crippen molar-refractivity contribution < 1.29 is 9.47 Å². The summed E-state index contributed by atoms with van der Waals surface area (Å²) in [4.78, 5) is 0. The number of unbranched alkanes of at least 4 members (excludes halogenated alkanes) is 1. The van der Waals surface area contributed by atoms with Crippen molar-refractivity contribution in [2.75, 3.05) is 11.9 Å². The van der Waals surface area contributed by atoms with Gasteiger partial charge in [0, 0.05) is 13.1 Å². The molecule has 0 saturated heterocycles. The minimum absolute atomic E-state index is 0.481. The molecule has 0 bridgehead atoms. The van der Waals surface area contributed by atoms with Crippen LogP contribution in [0.15, 0.2) is 40.9 Å². The Hall–Kier alpha value is -2.61. The Morgan fingerprint density at radius 2 is 1.97 bits per heavy atom. The molecule has 3 aromatic rings. The number of nitrogens with zero attached hydrogens (tertiary/aromatic N) is 4. The predicted octanol–water partition coefficient (Wildman–Crippen LogP) is 5.13. The van der Waals surface area contributed by atoms with Gasteiger partial charge in [0.1, 0.15) is 6.61 Å². The van der Waals surface area contributed by atoms with E-state index in [-0.39, 0.29) is 0 Å². The van der Waals surface area contributed by atoms with E-state index in [9.17, 15) is 0 Å². The number of tetrazole rings is 1. The molecule has 0 radical (unpaired) electrons. The summed E-state index contributed by atoms with van der Waals surface area (Å²) in [5.41, 5.74) is 3.39. The van der Waals surface area contributed by atoms with Crippen LogP contribution >= 0.6 is 15.9 Å². The number of rotatable bonds is 11. The third-order valence-electron chi connectivity index (χ3n) is 4.71. The van der Waals surface area contributed by atoms with Gasteiger partial charge in [0.05, 0.1) is 11.1 Å². The zero-order valence-electron chi connectivity index (χ0n) is 17.7. The van der Waals surface area contributed by atoms with Crippen LogP contribution in [-0.4, -0.2) is 26.8 Å². The molecule has 1 heterocycles. The Morgan fingerprint density at radius 1 is 1.13 bits per heavy atom. The van der Waals surface area contributed by atoms with Crippen LogP contribution < -0.4 is 14.8 Å². The third-order valence-corrected chi connectivity index (χ3v) is 5.30. The average molecular weight is 474 g/mol. The molecule has 0 aliphatic heterocycles. The Labute approximate surface area is 185 Å². The largest absolute Gasteiger partial charge is 0.490 e. The first-order valence-electron chi connectivity index (χ1n) is 10.2. The molecule has 0 aliphatic carbocycles. The van der Waals surface area contributed by atoms with Crippen LogP contribution in [0.25, 0.3) is 0 Å². The van der Waals surface area contributed by atoms with Gasteiger partial charge in [0.2, 0.25) is 5.95 Å². The van der Waals surface area contributed by atoms with Gasteiger partial charge in [-0.2, -0.15) is 0 Å². The van der Waals surface area contributed by atoms with Crippen molar-refractivity contribution >= 4 is 21.9 Å². The Bertz CT molecular complexity index is 960. The monoisotopic (exact) mass is 473 g/mol. The second kappa shape index (κ2) is 11.0. The molecule has 30 heavy (non-hydrogen) atoms. The van der Waals surface area contributed by atoms with E-state index in [2.05, 4.69) is 62.8 Å². The van der Waals surface area contributed by atoms with E-state index < -0.39 is 0 Å². The van der Waals surface area contributed by atoms with E-state index >= 15 is 0 Å². The maximum Gasteiger partial charge on any atom is 0.243 e. The Balaban J connectivity index is 1.72. The molecule has 1 aromatic heterocycles. The molecule has 8 heteroatoms. The topological polar surface area (TPSA) is 74.1 Å². The number of anilines is 1. The summed E-state index contributed by atoms with van der Waals surface area (Å²) in [5.74, 6) is 2.08. The molecule has 0 spiro atoms. The molecule has 0 amide bonds. The lowest BCUT2D eigenvalue weighted by atomic mass is 10.1. The molecule has 0 atom stereocenters. The lowest BCUT2D eigenvalue weighted by Crippen LogP contribution is -2.09. The predicted molar refractivity (Wildman–Crippen MR) is 121 cm³/mol. The van der Waals surface area contributed by atoms with Crippen LogP contribution in [0, 0.1) is 6.92 Å². The Kier molecular flexibility index (Phi) is 8.07. The first kappa shape index (κ1) is 22.1. The van der Waals surface area contributed by atoms with Gasteiger partial charge in [-0.25, -0.2) is 4.68 Å². The summed E-state index contributed by atoms with van der Waals surface area (Å²) in [7, 11) is 0. The molecule has 160 valence electrons. The lowest BCUT2D eigenvalue weighted by Gasteiger charge is -2.16. The van der Waals surface area contributed by atoms with Crippen LogP contribution in [-0.2, 0) is 19.7 Å². The summed E-state index contributed by atoms with van der Waals surface area (Å²) in [6, 6.07) is 12.2. The first-order chi connectivity index (χ1) is 14.6. The quantitative estimate of drug-likeness (QED) is 0.415.